The molecule has 0 aromatic heterocycles. The number of likely N-dealkylation sites (tertiary alicyclic amines) is 1. The van der Waals surface area contributed by atoms with Crippen LogP contribution in [0.1, 0.15) is 6.42 Å². The molecule has 0 radical (unpaired) electrons. The van der Waals surface area contributed by atoms with Crippen LogP contribution in [0.2, 0.25) is 0 Å². The molecule has 0 saturated carbocycles. The van der Waals surface area contributed by atoms with E-state index in [0.29, 0.717) is 26.1 Å². The Morgan fingerprint density at radius 1 is 1.60 bits per heavy atom. The maximum Gasteiger partial charge on any atom is 0.308 e. The van der Waals surface area contributed by atoms with E-state index in [9.17, 15) is 9.59 Å². The minimum absolute atomic E-state index is 0.0411. The van der Waals surface area contributed by atoms with Gasteiger partial charge in [-0.05, 0) is 6.42 Å². The van der Waals surface area contributed by atoms with Crippen LogP contribution in [-0.4, -0.2) is 48.1 Å². The van der Waals surface area contributed by atoms with E-state index >= 15 is 0 Å². The SMILES string of the molecule is C=CCNCC(=O)N1CCC(C(=O)O)C1. The van der Waals surface area contributed by atoms with E-state index < -0.39 is 11.9 Å². The average Bonchev–Trinajstić information content (AvgIpc) is 2.66. The molecule has 5 nitrogen and oxygen atoms in total. The fourth-order valence-electron chi connectivity index (χ4n) is 1.58. The summed E-state index contributed by atoms with van der Waals surface area (Å²) < 4.78 is 0. The summed E-state index contributed by atoms with van der Waals surface area (Å²) in [4.78, 5) is 23.8. The predicted octanol–water partition coefficient (Wildman–Crippen LogP) is -0.305. The second-order valence-electron chi connectivity index (χ2n) is 3.58. The van der Waals surface area contributed by atoms with Crippen LogP contribution in [0.5, 0.6) is 0 Å². The summed E-state index contributed by atoms with van der Waals surface area (Å²) in [6, 6.07) is 0. The lowest BCUT2D eigenvalue weighted by Gasteiger charge is -2.15. The van der Waals surface area contributed by atoms with Crippen molar-refractivity contribution in [2.75, 3.05) is 26.2 Å². The molecule has 1 aliphatic heterocycles. The lowest BCUT2D eigenvalue weighted by Crippen LogP contribution is -2.37. The highest BCUT2D eigenvalue weighted by Gasteiger charge is 2.30. The highest BCUT2D eigenvalue weighted by molar-refractivity contribution is 5.80. The van der Waals surface area contributed by atoms with Crippen molar-refractivity contribution in [3.05, 3.63) is 12.7 Å². The Labute approximate surface area is 88.8 Å². The number of hydrogen-bond donors (Lipinski definition) is 2. The number of amides is 1. The van der Waals surface area contributed by atoms with Crippen molar-refractivity contribution in [2.24, 2.45) is 5.92 Å². The van der Waals surface area contributed by atoms with Crippen molar-refractivity contribution in [1.29, 1.82) is 0 Å². The number of nitrogens with zero attached hydrogens (tertiary/aromatic N) is 1. The smallest absolute Gasteiger partial charge is 0.308 e. The Morgan fingerprint density at radius 2 is 2.33 bits per heavy atom. The van der Waals surface area contributed by atoms with E-state index in [4.69, 9.17) is 5.11 Å². The number of aliphatic carboxylic acids is 1. The highest BCUT2D eigenvalue weighted by Crippen LogP contribution is 2.15. The molecule has 1 fully saturated rings. The van der Waals surface area contributed by atoms with Crippen molar-refractivity contribution in [3.63, 3.8) is 0 Å². The van der Waals surface area contributed by atoms with E-state index in [1.54, 1.807) is 11.0 Å². The summed E-state index contributed by atoms with van der Waals surface area (Å²) in [7, 11) is 0. The second kappa shape index (κ2) is 5.50. The van der Waals surface area contributed by atoms with Crippen molar-refractivity contribution in [3.8, 4) is 0 Å². The Kier molecular flexibility index (Phi) is 4.30. The summed E-state index contributed by atoms with van der Waals surface area (Å²) in [6.45, 7) is 5.24. The number of carbonyl (C=O) groups excluding carboxylic acids is 1. The summed E-state index contributed by atoms with van der Waals surface area (Å²) in [6.07, 6.45) is 2.24. The van der Waals surface area contributed by atoms with Crippen LogP contribution in [0.25, 0.3) is 0 Å². The number of hydrogen-bond acceptors (Lipinski definition) is 3. The summed E-state index contributed by atoms with van der Waals surface area (Å²) in [5.41, 5.74) is 0. The highest BCUT2D eigenvalue weighted by atomic mass is 16.4. The van der Waals surface area contributed by atoms with Gasteiger partial charge in [-0.25, -0.2) is 0 Å². The van der Waals surface area contributed by atoms with Gasteiger partial charge in [-0.1, -0.05) is 6.08 Å². The summed E-state index contributed by atoms with van der Waals surface area (Å²) in [5.74, 6) is -1.25. The maximum atomic E-state index is 11.5. The molecule has 1 aliphatic rings. The zero-order valence-corrected chi connectivity index (χ0v) is 8.61. The minimum Gasteiger partial charge on any atom is -0.481 e. The van der Waals surface area contributed by atoms with Gasteiger partial charge in [-0.15, -0.1) is 6.58 Å². The molecule has 0 bridgehead atoms. The first-order valence-corrected chi connectivity index (χ1v) is 4.97. The number of rotatable bonds is 5. The van der Waals surface area contributed by atoms with E-state index in [-0.39, 0.29) is 12.5 Å². The first kappa shape index (κ1) is 11.7. The molecule has 5 heteroatoms. The molecule has 0 spiro atoms. The Morgan fingerprint density at radius 3 is 2.87 bits per heavy atom. The molecule has 0 aliphatic carbocycles. The van der Waals surface area contributed by atoms with Gasteiger partial charge in [0, 0.05) is 19.6 Å². The molecule has 1 unspecified atom stereocenters. The van der Waals surface area contributed by atoms with Crippen LogP contribution >= 0.6 is 0 Å². The van der Waals surface area contributed by atoms with E-state index in [2.05, 4.69) is 11.9 Å². The standard InChI is InChI=1S/C10H16N2O3/c1-2-4-11-6-9(13)12-5-3-8(7-12)10(14)15/h2,8,11H,1,3-7H2,(H,14,15). The fraction of sp³-hybridized carbons (Fsp3) is 0.600. The lowest BCUT2D eigenvalue weighted by molar-refractivity contribution is -0.141. The first-order valence-electron chi connectivity index (χ1n) is 4.97. The Bertz CT molecular complexity index is 265. The topological polar surface area (TPSA) is 69.6 Å². The maximum absolute atomic E-state index is 11.5. The van der Waals surface area contributed by atoms with Crippen molar-refractivity contribution < 1.29 is 14.7 Å². The number of carbonyl (C=O) groups is 2. The molecule has 2 N–H and O–H groups in total. The van der Waals surface area contributed by atoms with Crippen molar-refractivity contribution >= 4 is 11.9 Å². The lowest BCUT2D eigenvalue weighted by atomic mass is 10.1. The molecule has 1 rings (SSSR count). The molecule has 1 saturated heterocycles. The van der Waals surface area contributed by atoms with E-state index in [1.807, 2.05) is 0 Å². The third kappa shape index (κ3) is 3.36. The van der Waals surface area contributed by atoms with Gasteiger partial charge in [0.1, 0.15) is 0 Å². The van der Waals surface area contributed by atoms with Crippen LogP contribution < -0.4 is 5.32 Å². The van der Waals surface area contributed by atoms with Gasteiger partial charge >= 0.3 is 5.97 Å². The Balaban J connectivity index is 2.30. The van der Waals surface area contributed by atoms with E-state index in [1.165, 1.54) is 0 Å². The van der Waals surface area contributed by atoms with Crippen LogP contribution in [0.4, 0.5) is 0 Å². The number of carboxylic acids is 1. The molecule has 1 atom stereocenters. The minimum atomic E-state index is -0.815. The number of carboxylic acid groups (broad SMARTS) is 1. The molecule has 1 heterocycles. The summed E-state index contributed by atoms with van der Waals surface area (Å²) >= 11 is 0. The predicted molar refractivity (Wildman–Crippen MR) is 55.4 cm³/mol. The third-order valence-electron chi connectivity index (χ3n) is 2.46. The van der Waals surface area contributed by atoms with Gasteiger partial charge in [0.05, 0.1) is 12.5 Å². The van der Waals surface area contributed by atoms with Crippen molar-refractivity contribution in [1.82, 2.24) is 10.2 Å². The van der Waals surface area contributed by atoms with Crippen LogP contribution in [-0.2, 0) is 9.59 Å². The molecule has 0 aromatic carbocycles. The molecule has 0 aromatic rings. The average molecular weight is 212 g/mol. The van der Waals surface area contributed by atoms with Gasteiger partial charge < -0.3 is 15.3 Å². The first-order chi connectivity index (χ1) is 7.15. The largest absolute Gasteiger partial charge is 0.481 e. The monoisotopic (exact) mass is 212 g/mol. The zero-order valence-electron chi connectivity index (χ0n) is 8.61. The third-order valence-corrected chi connectivity index (χ3v) is 2.46. The van der Waals surface area contributed by atoms with Gasteiger partial charge in [0.25, 0.3) is 0 Å². The van der Waals surface area contributed by atoms with Gasteiger partial charge in [0.15, 0.2) is 0 Å². The van der Waals surface area contributed by atoms with Crippen molar-refractivity contribution in [2.45, 2.75) is 6.42 Å². The van der Waals surface area contributed by atoms with E-state index in [0.717, 1.165) is 0 Å². The van der Waals surface area contributed by atoms with Gasteiger partial charge in [-0.2, -0.15) is 0 Å². The molecule has 1 amide bonds. The normalized spacial score (nSPS) is 20.3. The molecule has 15 heavy (non-hydrogen) atoms. The quantitative estimate of drug-likeness (QED) is 0.484. The molecular formula is C10H16N2O3. The van der Waals surface area contributed by atoms with Gasteiger partial charge in [0.2, 0.25) is 5.91 Å². The Hall–Kier alpha value is -1.36. The van der Waals surface area contributed by atoms with Crippen LogP contribution in [0.15, 0.2) is 12.7 Å². The molecular weight excluding hydrogens is 196 g/mol. The molecule has 84 valence electrons. The van der Waals surface area contributed by atoms with Gasteiger partial charge in [-0.3, -0.25) is 9.59 Å². The second-order valence-corrected chi connectivity index (χ2v) is 3.58. The zero-order chi connectivity index (χ0) is 11.3. The van der Waals surface area contributed by atoms with Crippen LogP contribution in [0.3, 0.4) is 0 Å². The summed E-state index contributed by atoms with van der Waals surface area (Å²) in [5, 5.41) is 11.7. The number of nitrogens with one attached hydrogen (secondary N) is 1. The van der Waals surface area contributed by atoms with Crippen LogP contribution in [0, 0.1) is 5.92 Å². The fourth-order valence-corrected chi connectivity index (χ4v) is 1.58.